The Hall–Kier alpha value is -2.87. The number of carbonyl (C=O) groups excluding carboxylic acids is 2. The third kappa shape index (κ3) is 3.23. The molecule has 124 valence electrons. The van der Waals surface area contributed by atoms with E-state index in [-0.39, 0.29) is 11.1 Å². The normalized spacial score (nSPS) is 11.1. The summed E-state index contributed by atoms with van der Waals surface area (Å²) < 4.78 is 24.0. The van der Waals surface area contributed by atoms with E-state index >= 15 is 0 Å². The standard InChI is InChI=1S/C16H13NO6S/c1-10(18)12-8-9-13(24(2,22)23)14(15(12)17(20)21)16(19)11-6-4-3-5-7-11/h3-9H,1-2H3. The number of Topliss-reactive ketones (excluding diaryl/α,β-unsaturated/α-hetero) is 1. The van der Waals surface area contributed by atoms with Gasteiger partial charge in [0.05, 0.1) is 15.4 Å². The Bertz CT molecular complexity index is 948. The molecule has 0 N–H and O–H groups in total. The molecule has 0 atom stereocenters. The first kappa shape index (κ1) is 17.5. The molecule has 0 aliphatic carbocycles. The van der Waals surface area contributed by atoms with Gasteiger partial charge >= 0.3 is 0 Å². The van der Waals surface area contributed by atoms with Crippen molar-refractivity contribution in [2.45, 2.75) is 11.8 Å². The lowest BCUT2D eigenvalue weighted by molar-refractivity contribution is -0.385. The lowest BCUT2D eigenvalue weighted by Crippen LogP contribution is -2.15. The number of ketones is 2. The first-order chi connectivity index (χ1) is 11.1. The van der Waals surface area contributed by atoms with Crippen molar-refractivity contribution in [3.8, 4) is 0 Å². The van der Waals surface area contributed by atoms with Gasteiger partial charge in [-0.15, -0.1) is 0 Å². The van der Waals surface area contributed by atoms with E-state index in [1.807, 2.05) is 0 Å². The molecule has 0 amide bonds. The average molecular weight is 347 g/mol. The topological polar surface area (TPSA) is 111 Å². The van der Waals surface area contributed by atoms with Gasteiger partial charge in [-0.1, -0.05) is 30.3 Å². The minimum Gasteiger partial charge on any atom is -0.294 e. The minimum atomic E-state index is -3.92. The lowest BCUT2D eigenvalue weighted by Gasteiger charge is -2.10. The van der Waals surface area contributed by atoms with Crippen LogP contribution in [0.25, 0.3) is 0 Å². The predicted octanol–water partition coefficient (Wildman–Crippen LogP) is 2.43. The molecule has 0 saturated heterocycles. The average Bonchev–Trinajstić information content (AvgIpc) is 2.52. The number of carbonyl (C=O) groups is 2. The van der Waals surface area contributed by atoms with Gasteiger partial charge in [-0.25, -0.2) is 8.42 Å². The second-order valence-corrected chi connectivity index (χ2v) is 7.10. The molecular weight excluding hydrogens is 334 g/mol. The first-order valence-corrected chi connectivity index (χ1v) is 8.66. The first-order valence-electron chi connectivity index (χ1n) is 6.76. The molecule has 0 saturated carbocycles. The van der Waals surface area contributed by atoms with Crippen molar-refractivity contribution >= 4 is 27.1 Å². The van der Waals surface area contributed by atoms with Crippen LogP contribution in [0.5, 0.6) is 0 Å². The maximum atomic E-state index is 12.7. The molecule has 0 radical (unpaired) electrons. The van der Waals surface area contributed by atoms with Crippen LogP contribution in [0, 0.1) is 10.1 Å². The highest BCUT2D eigenvalue weighted by molar-refractivity contribution is 7.90. The Kier molecular flexibility index (Phi) is 4.61. The predicted molar refractivity (Wildman–Crippen MR) is 86.1 cm³/mol. The SMILES string of the molecule is CC(=O)c1ccc(S(C)(=O)=O)c(C(=O)c2ccccc2)c1[N+](=O)[O-]. The summed E-state index contributed by atoms with van der Waals surface area (Å²) in [4.78, 5) is 34.5. The van der Waals surface area contributed by atoms with Gasteiger partial charge in [-0.3, -0.25) is 19.7 Å². The van der Waals surface area contributed by atoms with Gasteiger partial charge in [0.25, 0.3) is 5.69 Å². The summed E-state index contributed by atoms with van der Waals surface area (Å²) in [7, 11) is -3.92. The molecule has 7 nitrogen and oxygen atoms in total. The third-order valence-electron chi connectivity index (χ3n) is 3.36. The maximum Gasteiger partial charge on any atom is 0.292 e. The second-order valence-electron chi connectivity index (χ2n) is 5.12. The molecule has 2 aromatic rings. The Labute approximate surface area is 138 Å². The molecule has 0 aliphatic rings. The Morgan fingerprint density at radius 1 is 1.04 bits per heavy atom. The zero-order valence-corrected chi connectivity index (χ0v) is 13.7. The highest BCUT2D eigenvalue weighted by Crippen LogP contribution is 2.32. The summed E-state index contributed by atoms with van der Waals surface area (Å²) in [5.41, 5.74) is -1.61. The fraction of sp³-hybridized carbons (Fsp3) is 0.125. The number of benzene rings is 2. The highest BCUT2D eigenvalue weighted by atomic mass is 32.2. The van der Waals surface area contributed by atoms with Gasteiger partial charge < -0.3 is 0 Å². The van der Waals surface area contributed by atoms with Crippen LogP contribution in [-0.2, 0) is 9.84 Å². The summed E-state index contributed by atoms with van der Waals surface area (Å²) >= 11 is 0. The van der Waals surface area contributed by atoms with Crippen LogP contribution in [0.2, 0.25) is 0 Å². The fourth-order valence-electron chi connectivity index (χ4n) is 2.31. The number of nitro groups is 1. The number of sulfone groups is 1. The molecule has 0 heterocycles. The Balaban J connectivity index is 2.93. The summed E-state index contributed by atoms with van der Waals surface area (Å²) in [6.07, 6.45) is 0.848. The van der Waals surface area contributed by atoms with Gasteiger partial charge in [-0.2, -0.15) is 0 Å². The molecule has 0 aromatic heterocycles. The number of nitrogens with zero attached hydrogens (tertiary/aromatic N) is 1. The van der Waals surface area contributed by atoms with Crippen LogP contribution in [0.4, 0.5) is 5.69 Å². The third-order valence-corrected chi connectivity index (χ3v) is 4.50. The van der Waals surface area contributed by atoms with Crippen LogP contribution in [0.1, 0.15) is 33.2 Å². The monoisotopic (exact) mass is 347 g/mol. The molecule has 0 bridgehead atoms. The van der Waals surface area contributed by atoms with Crippen LogP contribution < -0.4 is 0 Å². The van der Waals surface area contributed by atoms with Gasteiger partial charge in [-0.05, 0) is 19.1 Å². The van der Waals surface area contributed by atoms with Crippen LogP contribution in [0.15, 0.2) is 47.4 Å². The van der Waals surface area contributed by atoms with E-state index in [2.05, 4.69) is 0 Å². The second kappa shape index (κ2) is 6.32. The molecule has 24 heavy (non-hydrogen) atoms. The highest BCUT2D eigenvalue weighted by Gasteiger charge is 2.33. The number of hydrogen-bond acceptors (Lipinski definition) is 6. The number of nitro benzene ring substituents is 1. The minimum absolute atomic E-state index is 0.0891. The van der Waals surface area contributed by atoms with E-state index in [0.717, 1.165) is 25.3 Å². The van der Waals surface area contributed by atoms with Gasteiger partial charge in [0.2, 0.25) is 5.78 Å². The number of rotatable bonds is 5. The Morgan fingerprint density at radius 3 is 2.08 bits per heavy atom. The molecule has 2 aromatic carbocycles. The van der Waals surface area contributed by atoms with E-state index in [0.29, 0.717) is 0 Å². The van der Waals surface area contributed by atoms with Crippen LogP contribution in [-0.4, -0.2) is 31.2 Å². The van der Waals surface area contributed by atoms with Crippen molar-refractivity contribution in [1.29, 1.82) is 0 Å². The molecule has 0 fully saturated rings. The largest absolute Gasteiger partial charge is 0.294 e. The van der Waals surface area contributed by atoms with Crippen molar-refractivity contribution in [1.82, 2.24) is 0 Å². The van der Waals surface area contributed by atoms with Crippen molar-refractivity contribution in [2.24, 2.45) is 0 Å². The van der Waals surface area contributed by atoms with E-state index < -0.39 is 42.5 Å². The van der Waals surface area contributed by atoms with Crippen molar-refractivity contribution in [3.05, 3.63) is 69.3 Å². The summed E-state index contributed by atoms with van der Waals surface area (Å²) in [6.45, 7) is 1.11. The van der Waals surface area contributed by atoms with Gasteiger partial charge in [0.15, 0.2) is 15.6 Å². The van der Waals surface area contributed by atoms with E-state index in [9.17, 15) is 28.1 Å². The van der Waals surface area contributed by atoms with E-state index in [4.69, 9.17) is 0 Å². The quantitative estimate of drug-likeness (QED) is 0.466. The Morgan fingerprint density at radius 2 is 1.62 bits per heavy atom. The summed E-state index contributed by atoms with van der Waals surface area (Å²) in [6, 6.07) is 9.68. The lowest BCUT2D eigenvalue weighted by atomic mass is 9.97. The zero-order valence-electron chi connectivity index (χ0n) is 12.8. The molecule has 2 rings (SSSR count). The fourth-order valence-corrected chi connectivity index (χ4v) is 3.18. The van der Waals surface area contributed by atoms with Gasteiger partial charge in [0.1, 0.15) is 5.56 Å². The van der Waals surface area contributed by atoms with Crippen LogP contribution in [0.3, 0.4) is 0 Å². The van der Waals surface area contributed by atoms with Crippen LogP contribution >= 0.6 is 0 Å². The van der Waals surface area contributed by atoms with Crippen molar-refractivity contribution in [3.63, 3.8) is 0 Å². The van der Waals surface area contributed by atoms with Crippen molar-refractivity contribution < 1.29 is 22.9 Å². The summed E-state index contributed by atoms with van der Waals surface area (Å²) in [5, 5.41) is 11.5. The maximum absolute atomic E-state index is 12.7. The molecule has 0 unspecified atom stereocenters. The van der Waals surface area contributed by atoms with E-state index in [1.54, 1.807) is 18.2 Å². The zero-order chi connectivity index (χ0) is 18.1. The van der Waals surface area contributed by atoms with Crippen molar-refractivity contribution in [2.75, 3.05) is 6.26 Å². The molecule has 8 heteroatoms. The van der Waals surface area contributed by atoms with Gasteiger partial charge in [0, 0.05) is 11.8 Å². The molecule has 0 aliphatic heterocycles. The summed E-state index contributed by atoms with van der Waals surface area (Å²) in [5.74, 6) is -1.46. The smallest absolute Gasteiger partial charge is 0.292 e. The molecule has 0 spiro atoms. The number of hydrogen-bond donors (Lipinski definition) is 0. The van der Waals surface area contributed by atoms with E-state index in [1.165, 1.54) is 12.1 Å². The molecular formula is C16H13NO6S.